The van der Waals surface area contributed by atoms with Crippen LogP contribution in [0.3, 0.4) is 0 Å². The largest absolute Gasteiger partial charge is 0.345 e. The number of ether oxygens (including phenoxy) is 5. The molecule has 3 heterocycles. The van der Waals surface area contributed by atoms with Gasteiger partial charge in [0.2, 0.25) is 0 Å². The molecule has 3 fully saturated rings. The number of hydrogen-bond donors (Lipinski definition) is 0. The first-order chi connectivity index (χ1) is 11.1. The second kappa shape index (κ2) is 5.36. The van der Waals surface area contributed by atoms with E-state index in [1.165, 1.54) is 0 Å². The first-order valence-corrected chi connectivity index (χ1v) is 7.91. The Morgan fingerprint density at radius 1 is 1.22 bits per heavy atom. The maximum atomic E-state index is 11.7. The van der Waals surface area contributed by atoms with Crippen LogP contribution in [0.2, 0.25) is 0 Å². The molecule has 3 aliphatic heterocycles. The van der Waals surface area contributed by atoms with Gasteiger partial charge >= 0.3 is 0 Å². The van der Waals surface area contributed by atoms with Gasteiger partial charge in [-0.25, -0.2) is 0 Å². The molecule has 3 aliphatic rings. The molecule has 6 atom stereocenters. The standard InChI is InChI=1S/C17H20O6/c1-3-16(2)21-12-13-17(9-18,23-15(12)22-16)10-19-14(20-13)11-7-5-4-6-8-11/h4-9,12-15H,3,10H2,1-2H3/t12-,13-,14?,15+,16?,17-/m1/s1. The molecule has 0 saturated carbocycles. The van der Waals surface area contributed by atoms with Crippen LogP contribution in [0.5, 0.6) is 0 Å². The van der Waals surface area contributed by atoms with Crippen molar-refractivity contribution in [3.8, 4) is 0 Å². The first-order valence-electron chi connectivity index (χ1n) is 7.91. The van der Waals surface area contributed by atoms with Crippen LogP contribution < -0.4 is 0 Å². The Morgan fingerprint density at radius 2 is 2.00 bits per heavy atom. The molecule has 23 heavy (non-hydrogen) atoms. The van der Waals surface area contributed by atoms with Gasteiger partial charge in [0, 0.05) is 5.56 Å². The SMILES string of the molecule is CCC1(C)O[C@H]2O[C@]3(C=O)COC(c4ccccc4)O[C@@H]3[C@H]2O1. The van der Waals surface area contributed by atoms with Crippen molar-refractivity contribution in [1.29, 1.82) is 0 Å². The molecule has 0 radical (unpaired) electrons. The summed E-state index contributed by atoms with van der Waals surface area (Å²) in [5.74, 6) is -0.714. The predicted molar refractivity (Wildman–Crippen MR) is 78.3 cm³/mol. The molecule has 124 valence electrons. The Labute approximate surface area is 134 Å². The van der Waals surface area contributed by atoms with Gasteiger partial charge in [0.05, 0.1) is 6.61 Å². The third kappa shape index (κ3) is 2.33. The maximum Gasteiger partial charge on any atom is 0.191 e. The average molecular weight is 320 g/mol. The van der Waals surface area contributed by atoms with Gasteiger partial charge in [-0.1, -0.05) is 37.3 Å². The fourth-order valence-corrected chi connectivity index (χ4v) is 3.31. The zero-order valence-electron chi connectivity index (χ0n) is 13.1. The van der Waals surface area contributed by atoms with Gasteiger partial charge in [-0.2, -0.15) is 0 Å². The van der Waals surface area contributed by atoms with E-state index in [2.05, 4.69) is 0 Å². The quantitative estimate of drug-likeness (QED) is 0.793. The minimum Gasteiger partial charge on any atom is -0.345 e. The third-order valence-electron chi connectivity index (χ3n) is 4.78. The van der Waals surface area contributed by atoms with Crippen molar-refractivity contribution in [2.24, 2.45) is 0 Å². The highest BCUT2D eigenvalue weighted by Gasteiger charge is 2.65. The molecule has 1 aromatic carbocycles. The number of fused-ring (bicyclic) bond motifs is 3. The highest BCUT2D eigenvalue weighted by Crippen LogP contribution is 2.47. The van der Waals surface area contributed by atoms with E-state index < -0.39 is 36.2 Å². The maximum absolute atomic E-state index is 11.7. The van der Waals surface area contributed by atoms with Crippen LogP contribution in [0.1, 0.15) is 32.1 Å². The zero-order chi connectivity index (χ0) is 16.1. The second-order valence-electron chi connectivity index (χ2n) is 6.36. The van der Waals surface area contributed by atoms with Crippen LogP contribution in [-0.2, 0) is 28.5 Å². The molecule has 6 nitrogen and oxygen atoms in total. The minimum atomic E-state index is -1.17. The molecule has 0 N–H and O–H groups in total. The Bertz CT molecular complexity index is 592. The Kier molecular flexibility index (Phi) is 3.55. The lowest BCUT2D eigenvalue weighted by atomic mass is 9.96. The van der Waals surface area contributed by atoms with Crippen molar-refractivity contribution in [1.82, 2.24) is 0 Å². The summed E-state index contributed by atoms with van der Waals surface area (Å²) in [4.78, 5) is 11.7. The van der Waals surface area contributed by atoms with E-state index in [0.717, 1.165) is 11.8 Å². The van der Waals surface area contributed by atoms with Gasteiger partial charge in [-0.05, 0) is 13.3 Å². The topological polar surface area (TPSA) is 63.2 Å². The summed E-state index contributed by atoms with van der Waals surface area (Å²) in [6, 6.07) is 9.61. The normalized spacial score (nSPS) is 45.5. The Morgan fingerprint density at radius 3 is 2.70 bits per heavy atom. The highest BCUT2D eigenvalue weighted by molar-refractivity contribution is 5.65. The molecular formula is C17H20O6. The van der Waals surface area contributed by atoms with Gasteiger partial charge in [-0.15, -0.1) is 0 Å². The molecule has 0 spiro atoms. The number of aldehydes is 1. The van der Waals surface area contributed by atoms with Gasteiger partial charge in [0.15, 0.2) is 30.3 Å². The van der Waals surface area contributed by atoms with Gasteiger partial charge in [-0.3, -0.25) is 4.79 Å². The van der Waals surface area contributed by atoms with Crippen LogP contribution in [0, 0.1) is 0 Å². The fourth-order valence-electron chi connectivity index (χ4n) is 3.31. The Balaban J connectivity index is 1.60. The lowest BCUT2D eigenvalue weighted by Crippen LogP contribution is -2.55. The number of benzene rings is 1. The molecule has 0 aliphatic carbocycles. The van der Waals surface area contributed by atoms with Crippen molar-refractivity contribution in [2.45, 2.75) is 56.4 Å². The third-order valence-corrected chi connectivity index (χ3v) is 4.78. The summed E-state index contributed by atoms with van der Waals surface area (Å²) in [5.41, 5.74) is -0.275. The average Bonchev–Trinajstić information content (AvgIpc) is 3.06. The number of rotatable bonds is 3. The van der Waals surface area contributed by atoms with Crippen LogP contribution in [0.25, 0.3) is 0 Å². The fraction of sp³-hybridized carbons (Fsp3) is 0.588. The first kappa shape index (κ1) is 15.2. The summed E-state index contributed by atoms with van der Waals surface area (Å²) in [6.07, 6.45) is -0.740. The summed E-state index contributed by atoms with van der Waals surface area (Å²) in [5, 5.41) is 0. The van der Waals surface area contributed by atoms with E-state index >= 15 is 0 Å². The highest BCUT2D eigenvalue weighted by atomic mass is 16.9. The van der Waals surface area contributed by atoms with Crippen LogP contribution in [-0.4, -0.2) is 42.8 Å². The van der Waals surface area contributed by atoms with E-state index in [1.807, 2.05) is 44.2 Å². The molecule has 0 amide bonds. The van der Waals surface area contributed by atoms with E-state index in [9.17, 15) is 4.79 Å². The monoisotopic (exact) mass is 320 g/mol. The molecule has 3 saturated heterocycles. The van der Waals surface area contributed by atoms with Gasteiger partial charge in [0.1, 0.15) is 12.2 Å². The Hall–Kier alpha value is -1.31. The number of carbonyl (C=O) groups is 1. The van der Waals surface area contributed by atoms with Crippen molar-refractivity contribution in [2.75, 3.05) is 6.61 Å². The molecule has 0 bridgehead atoms. The molecule has 0 aromatic heterocycles. The number of carbonyl (C=O) groups excluding carboxylic acids is 1. The molecular weight excluding hydrogens is 300 g/mol. The zero-order valence-corrected chi connectivity index (χ0v) is 13.1. The van der Waals surface area contributed by atoms with Crippen LogP contribution >= 0.6 is 0 Å². The van der Waals surface area contributed by atoms with E-state index in [1.54, 1.807) is 0 Å². The predicted octanol–water partition coefficient (Wildman–Crippen LogP) is 1.94. The number of hydrogen-bond acceptors (Lipinski definition) is 6. The molecule has 4 rings (SSSR count). The summed E-state index contributed by atoms with van der Waals surface area (Å²) < 4.78 is 29.5. The van der Waals surface area contributed by atoms with E-state index in [0.29, 0.717) is 6.42 Å². The van der Waals surface area contributed by atoms with Crippen molar-refractivity contribution in [3.63, 3.8) is 0 Å². The lowest BCUT2D eigenvalue weighted by molar-refractivity contribution is -0.309. The van der Waals surface area contributed by atoms with Crippen molar-refractivity contribution < 1.29 is 28.5 Å². The van der Waals surface area contributed by atoms with Gasteiger partial charge in [0.25, 0.3) is 0 Å². The van der Waals surface area contributed by atoms with Crippen molar-refractivity contribution >= 4 is 6.29 Å². The summed E-state index contributed by atoms with van der Waals surface area (Å²) in [7, 11) is 0. The summed E-state index contributed by atoms with van der Waals surface area (Å²) in [6.45, 7) is 3.96. The van der Waals surface area contributed by atoms with Crippen molar-refractivity contribution in [3.05, 3.63) is 35.9 Å². The van der Waals surface area contributed by atoms with E-state index in [4.69, 9.17) is 23.7 Å². The van der Waals surface area contributed by atoms with Crippen LogP contribution in [0.4, 0.5) is 0 Å². The molecule has 6 heteroatoms. The van der Waals surface area contributed by atoms with Gasteiger partial charge < -0.3 is 23.7 Å². The molecule has 1 aromatic rings. The molecule has 2 unspecified atom stereocenters. The lowest BCUT2D eigenvalue weighted by Gasteiger charge is -2.39. The van der Waals surface area contributed by atoms with Crippen LogP contribution in [0.15, 0.2) is 30.3 Å². The smallest absolute Gasteiger partial charge is 0.191 e. The second-order valence-corrected chi connectivity index (χ2v) is 6.36. The van der Waals surface area contributed by atoms with E-state index in [-0.39, 0.29) is 6.61 Å². The summed E-state index contributed by atoms with van der Waals surface area (Å²) >= 11 is 0. The minimum absolute atomic E-state index is 0.114.